The number of benzene rings is 3. The van der Waals surface area contributed by atoms with Crippen molar-refractivity contribution in [3.05, 3.63) is 99.5 Å². The van der Waals surface area contributed by atoms with Crippen molar-refractivity contribution >= 4 is 27.7 Å². The highest BCUT2D eigenvalue weighted by Gasteiger charge is 2.31. The molecule has 0 fully saturated rings. The minimum absolute atomic E-state index is 0.00611. The summed E-state index contributed by atoms with van der Waals surface area (Å²) in [5, 5.41) is 3.09. The zero-order valence-electron chi connectivity index (χ0n) is 21.5. The van der Waals surface area contributed by atoms with Crippen LogP contribution < -0.4 is 10.1 Å². The lowest BCUT2D eigenvalue weighted by atomic mass is 10.0. The van der Waals surface area contributed by atoms with Crippen LogP contribution in [0.3, 0.4) is 0 Å². The van der Waals surface area contributed by atoms with Crippen LogP contribution in [0.4, 0.5) is 0 Å². The second-order valence-corrected chi connectivity index (χ2v) is 10.1. The largest absolute Gasteiger partial charge is 0.483 e. The molecule has 2 amide bonds. The number of nitrogens with zero attached hydrogens (tertiary/aromatic N) is 1. The highest BCUT2D eigenvalue weighted by atomic mass is 79.9. The number of nitrogens with one attached hydrogen (secondary N) is 1. The maximum Gasteiger partial charge on any atom is 0.261 e. The third-order valence-electron chi connectivity index (χ3n) is 6.44. The van der Waals surface area contributed by atoms with Crippen LogP contribution in [0.5, 0.6) is 5.75 Å². The molecule has 0 aliphatic carbocycles. The monoisotopic (exact) mass is 550 g/mol. The molecule has 1 N–H and O–H groups in total. The van der Waals surface area contributed by atoms with E-state index >= 15 is 0 Å². The predicted octanol–water partition coefficient (Wildman–Crippen LogP) is 6.00. The van der Waals surface area contributed by atoms with Crippen LogP contribution in [0.25, 0.3) is 0 Å². The van der Waals surface area contributed by atoms with E-state index < -0.39 is 6.04 Å². The zero-order chi connectivity index (χ0) is 26.1. The van der Waals surface area contributed by atoms with E-state index in [4.69, 9.17) is 4.74 Å². The van der Waals surface area contributed by atoms with Gasteiger partial charge in [-0.25, -0.2) is 0 Å². The van der Waals surface area contributed by atoms with Gasteiger partial charge in [0.05, 0.1) is 0 Å². The van der Waals surface area contributed by atoms with E-state index in [0.29, 0.717) is 18.7 Å². The minimum atomic E-state index is -0.681. The summed E-state index contributed by atoms with van der Waals surface area (Å²) in [6.07, 6.45) is 1.22. The van der Waals surface area contributed by atoms with Crippen LogP contribution in [0.1, 0.15) is 42.5 Å². The molecular weight excluding hydrogens is 516 g/mol. The Kier molecular flexibility index (Phi) is 10.1. The Bertz CT molecular complexity index is 1150. The van der Waals surface area contributed by atoms with Gasteiger partial charge in [0.15, 0.2) is 6.61 Å². The second kappa shape index (κ2) is 13.3. The quantitative estimate of drug-likeness (QED) is 0.318. The van der Waals surface area contributed by atoms with Crippen molar-refractivity contribution in [2.45, 2.75) is 59.2 Å². The van der Waals surface area contributed by atoms with Crippen LogP contribution in [0.15, 0.2) is 77.3 Å². The lowest BCUT2D eigenvalue weighted by molar-refractivity contribution is -0.143. The van der Waals surface area contributed by atoms with Gasteiger partial charge in [-0.1, -0.05) is 77.5 Å². The average molecular weight is 552 g/mol. The van der Waals surface area contributed by atoms with Crippen molar-refractivity contribution in [3.8, 4) is 5.75 Å². The summed E-state index contributed by atoms with van der Waals surface area (Å²) in [6, 6.07) is 22.7. The van der Waals surface area contributed by atoms with E-state index in [1.807, 2.05) is 100 Å². The molecule has 0 heterocycles. The molecule has 0 saturated heterocycles. The van der Waals surface area contributed by atoms with Crippen LogP contribution >= 0.6 is 15.9 Å². The molecule has 3 rings (SSSR count). The first-order valence-electron chi connectivity index (χ1n) is 12.4. The maximum atomic E-state index is 13.7. The standard InChI is InChI=1S/C30H35BrN2O3/c1-5-22(3)32-30(35)27(18-24-11-7-6-8-12-24)33(19-25-14-16-26(31)17-15-25)29(34)20-36-28-13-9-10-21(2)23(28)4/h6-17,22,27H,5,18-20H2,1-4H3,(H,32,35). The van der Waals surface area contributed by atoms with E-state index in [9.17, 15) is 9.59 Å². The van der Waals surface area contributed by atoms with Crippen molar-refractivity contribution in [1.29, 1.82) is 0 Å². The fourth-order valence-electron chi connectivity index (χ4n) is 3.88. The lowest BCUT2D eigenvalue weighted by Gasteiger charge is -2.32. The Balaban J connectivity index is 1.92. The van der Waals surface area contributed by atoms with Gasteiger partial charge in [-0.2, -0.15) is 0 Å². The summed E-state index contributed by atoms with van der Waals surface area (Å²) in [5.41, 5.74) is 4.03. The molecule has 0 aromatic heterocycles. The normalized spacial score (nSPS) is 12.5. The number of carbonyl (C=O) groups is 2. The molecule has 0 radical (unpaired) electrons. The first-order chi connectivity index (χ1) is 17.3. The Hall–Kier alpha value is -3.12. The Morgan fingerprint density at radius 2 is 1.64 bits per heavy atom. The van der Waals surface area contributed by atoms with E-state index in [1.165, 1.54) is 0 Å². The highest BCUT2D eigenvalue weighted by molar-refractivity contribution is 9.10. The maximum absolute atomic E-state index is 13.7. The van der Waals surface area contributed by atoms with Gasteiger partial charge in [-0.05, 0) is 67.6 Å². The van der Waals surface area contributed by atoms with Crippen molar-refractivity contribution < 1.29 is 14.3 Å². The first-order valence-corrected chi connectivity index (χ1v) is 13.1. The van der Waals surface area contributed by atoms with Gasteiger partial charge >= 0.3 is 0 Å². The van der Waals surface area contributed by atoms with Gasteiger partial charge in [0.2, 0.25) is 5.91 Å². The molecular formula is C30H35BrN2O3. The summed E-state index contributed by atoms with van der Waals surface area (Å²) in [6.45, 7) is 8.14. The van der Waals surface area contributed by atoms with Crippen LogP contribution in [-0.4, -0.2) is 35.4 Å². The fraction of sp³-hybridized carbons (Fsp3) is 0.333. The molecule has 190 valence electrons. The van der Waals surface area contributed by atoms with Crippen LogP contribution in [-0.2, 0) is 22.6 Å². The summed E-state index contributed by atoms with van der Waals surface area (Å²) >= 11 is 3.47. The van der Waals surface area contributed by atoms with E-state index in [-0.39, 0.29) is 24.5 Å². The van der Waals surface area contributed by atoms with Crippen molar-refractivity contribution in [2.75, 3.05) is 6.61 Å². The Morgan fingerprint density at radius 1 is 0.944 bits per heavy atom. The van der Waals surface area contributed by atoms with Crippen molar-refractivity contribution in [2.24, 2.45) is 0 Å². The molecule has 0 spiro atoms. The molecule has 3 aromatic carbocycles. The number of halogens is 1. The number of ether oxygens (including phenoxy) is 1. The van der Waals surface area contributed by atoms with Gasteiger partial charge in [0.1, 0.15) is 11.8 Å². The van der Waals surface area contributed by atoms with Gasteiger partial charge < -0.3 is 15.0 Å². The minimum Gasteiger partial charge on any atom is -0.483 e. The SMILES string of the molecule is CCC(C)NC(=O)C(Cc1ccccc1)N(Cc1ccc(Br)cc1)C(=O)COc1cccc(C)c1C. The molecule has 0 saturated carbocycles. The summed E-state index contributed by atoms with van der Waals surface area (Å²) in [7, 11) is 0. The molecule has 36 heavy (non-hydrogen) atoms. The number of rotatable bonds is 11. The van der Waals surface area contributed by atoms with E-state index in [0.717, 1.165) is 33.1 Å². The summed E-state index contributed by atoms with van der Waals surface area (Å²) in [5.74, 6) is 0.278. The fourth-order valence-corrected chi connectivity index (χ4v) is 4.15. The second-order valence-electron chi connectivity index (χ2n) is 9.16. The Morgan fingerprint density at radius 3 is 2.31 bits per heavy atom. The Labute approximate surface area is 223 Å². The summed E-state index contributed by atoms with van der Waals surface area (Å²) < 4.78 is 6.93. The van der Waals surface area contributed by atoms with Crippen molar-refractivity contribution in [3.63, 3.8) is 0 Å². The molecule has 0 aliphatic rings. The van der Waals surface area contributed by atoms with Gasteiger partial charge in [0.25, 0.3) is 5.91 Å². The molecule has 2 atom stereocenters. The number of aryl methyl sites for hydroxylation is 1. The number of amides is 2. The summed E-state index contributed by atoms with van der Waals surface area (Å²) in [4.78, 5) is 28.9. The zero-order valence-corrected chi connectivity index (χ0v) is 23.0. The topological polar surface area (TPSA) is 58.6 Å². The molecule has 6 heteroatoms. The van der Waals surface area contributed by atoms with E-state index in [2.05, 4.69) is 21.2 Å². The highest BCUT2D eigenvalue weighted by Crippen LogP contribution is 2.22. The third-order valence-corrected chi connectivity index (χ3v) is 6.97. The van der Waals surface area contributed by atoms with Crippen LogP contribution in [0, 0.1) is 13.8 Å². The molecule has 0 bridgehead atoms. The average Bonchev–Trinajstić information content (AvgIpc) is 2.88. The van der Waals surface area contributed by atoms with Gasteiger partial charge in [-0.15, -0.1) is 0 Å². The van der Waals surface area contributed by atoms with E-state index in [1.54, 1.807) is 4.90 Å². The van der Waals surface area contributed by atoms with Gasteiger partial charge in [0, 0.05) is 23.5 Å². The smallest absolute Gasteiger partial charge is 0.261 e. The number of carbonyl (C=O) groups excluding carboxylic acids is 2. The molecule has 0 aliphatic heterocycles. The lowest BCUT2D eigenvalue weighted by Crippen LogP contribution is -2.53. The number of hydrogen-bond donors (Lipinski definition) is 1. The van der Waals surface area contributed by atoms with Crippen LogP contribution in [0.2, 0.25) is 0 Å². The third kappa shape index (κ3) is 7.69. The molecule has 5 nitrogen and oxygen atoms in total. The predicted molar refractivity (Wildman–Crippen MR) is 148 cm³/mol. The van der Waals surface area contributed by atoms with Crippen molar-refractivity contribution in [1.82, 2.24) is 10.2 Å². The first kappa shape index (κ1) is 27.5. The molecule has 2 unspecified atom stereocenters. The molecule has 3 aromatic rings. The van der Waals surface area contributed by atoms with Gasteiger partial charge in [-0.3, -0.25) is 9.59 Å². The number of hydrogen-bond acceptors (Lipinski definition) is 3.